The molecule has 0 saturated heterocycles. The summed E-state index contributed by atoms with van der Waals surface area (Å²) in [5.74, 6) is 2.21. The summed E-state index contributed by atoms with van der Waals surface area (Å²) < 4.78 is 7.31. The standard InChI is InChI=1S/C24H30N4O2S/c1-18-16-20(12-13-21(18)30-3)10-7-11-22-26-27-24(28(22)2)31-17-23(29)25-15-14-19-8-5-4-6-9-19/h4-6,8-9,12-13,16H,7,10-11,14-15,17H2,1-3H3,(H,25,29). The molecule has 0 fully saturated rings. The number of methoxy groups -OCH3 is 1. The van der Waals surface area contributed by atoms with E-state index in [0.717, 1.165) is 48.0 Å². The first-order valence-corrected chi connectivity index (χ1v) is 11.5. The Hall–Kier alpha value is -2.80. The molecule has 1 amide bonds. The van der Waals surface area contributed by atoms with Crippen molar-refractivity contribution in [2.45, 2.75) is 37.8 Å². The van der Waals surface area contributed by atoms with Crippen LogP contribution in [0, 0.1) is 6.92 Å². The van der Waals surface area contributed by atoms with Gasteiger partial charge in [0.25, 0.3) is 0 Å². The normalized spacial score (nSPS) is 10.8. The van der Waals surface area contributed by atoms with Crippen molar-refractivity contribution in [3.63, 3.8) is 0 Å². The van der Waals surface area contributed by atoms with Crippen molar-refractivity contribution in [3.05, 3.63) is 71.0 Å². The summed E-state index contributed by atoms with van der Waals surface area (Å²) in [5, 5.41) is 12.3. The minimum Gasteiger partial charge on any atom is -0.496 e. The molecule has 0 saturated carbocycles. The molecule has 6 nitrogen and oxygen atoms in total. The molecular formula is C24H30N4O2S. The maximum Gasteiger partial charge on any atom is 0.230 e. The third-order valence-electron chi connectivity index (χ3n) is 5.16. The molecule has 0 bridgehead atoms. The number of hydrogen-bond donors (Lipinski definition) is 1. The summed E-state index contributed by atoms with van der Waals surface area (Å²) in [6.07, 6.45) is 3.64. The zero-order valence-electron chi connectivity index (χ0n) is 18.4. The van der Waals surface area contributed by atoms with Crippen molar-refractivity contribution in [1.82, 2.24) is 20.1 Å². The summed E-state index contributed by atoms with van der Waals surface area (Å²) in [4.78, 5) is 12.1. The van der Waals surface area contributed by atoms with Gasteiger partial charge in [-0.15, -0.1) is 10.2 Å². The molecule has 31 heavy (non-hydrogen) atoms. The van der Waals surface area contributed by atoms with E-state index in [0.29, 0.717) is 12.3 Å². The van der Waals surface area contributed by atoms with Crippen LogP contribution in [0.25, 0.3) is 0 Å². The summed E-state index contributed by atoms with van der Waals surface area (Å²) in [6, 6.07) is 16.5. The lowest BCUT2D eigenvalue weighted by atomic mass is 10.0. The first-order valence-electron chi connectivity index (χ1n) is 10.5. The predicted molar refractivity (Wildman–Crippen MR) is 125 cm³/mol. The van der Waals surface area contributed by atoms with Crippen LogP contribution in [0.2, 0.25) is 0 Å². The number of nitrogens with one attached hydrogen (secondary N) is 1. The number of hydrogen-bond acceptors (Lipinski definition) is 5. The Bertz CT molecular complexity index is 988. The quantitative estimate of drug-likeness (QED) is 0.462. The Morgan fingerprint density at radius 3 is 2.61 bits per heavy atom. The predicted octanol–water partition coefficient (Wildman–Crippen LogP) is 3.76. The smallest absolute Gasteiger partial charge is 0.230 e. The van der Waals surface area contributed by atoms with E-state index in [2.05, 4.69) is 46.7 Å². The average Bonchev–Trinajstić information content (AvgIpc) is 3.12. The van der Waals surface area contributed by atoms with Gasteiger partial charge in [-0.25, -0.2) is 0 Å². The van der Waals surface area contributed by atoms with Crippen LogP contribution < -0.4 is 10.1 Å². The number of benzene rings is 2. The second-order valence-corrected chi connectivity index (χ2v) is 8.43. The molecule has 0 atom stereocenters. The third-order valence-corrected chi connectivity index (χ3v) is 6.18. The van der Waals surface area contributed by atoms with Gasteiger partial charge in [-0.05, 0) is 48.9 Å². The second-order valence-electron chi connectivity index (χ2n) is 7.49. The number of rotatable bonds is 11. The van der Waals surface area contributed by atoms with E-state index < -0.39 is 0 Å². The lowest BCUT2D eigenvalue weighted by Gasteiger charge is -2.08. The van der Waals surface area contributed by atoms with Crippen LogP contribution >= 0.6 is 11.8 Å². The van der Waals surface area contributed by atoms with E-state index in [1.807, 2.05) is 35.9 Å². The average molecular weight is 439 g/mol. The van der Waals surface area contributed by atoms with Gasteiger partial charge in [0.15, 0.2) is 5.16 Å². The van der Waals surface area contributed by atoms with Crippen molar-refractivity contribution < 1.29 is 9.53 Å². The van der Waals surface area contributed by atoms with Gasteiger partial charge in [0, 0.05) is 20.0 Å². The second kappa shape index (κ2) is 11.6. The Labute approximate surface area is 188 Å². The molecule has 1 heterocycles. The zero-order chi connectivity index (χ0) is 22.1. The molecule has 0 spiro atoms. The van der Waals surface area contributed by atoms with Crippen LogP contribution in [0.1, 0.15) is 28.9 Å². The fourth-order valence-electron chi connectivity index (χ4n) is 3.41. The van der Waals surface area contributed by atoms with Crippen molar-refractivity contribution in [3.8, 4) is 5.75 Å². The maximum absolute atomic E-state index is 12.1. The van der Waals surface area contributed by atoms with Crippen molar-refractivity contribution in [2.75, 3.05) is 19.4 Å². The van der Waals surface area contributed by atoms with Crippen molar-refractivity contribution >= 4 is 17.7 Å². The van der Waals surface area contributed by atoms with Gasteiger partial charge in [0.1, 0.15) is 11.6 Å². The Morgan fingerprint density at radius 2 is 1.87 bits per heavy atom. The van der Waals surface area contributed by atoms with Crippen LogP contribution in [0.15, 0.2) is 53.7 Å². The number of nitrogens with zero attached hydrogens (tertiary/aromatic N) is 3. The Morgan fingerprint density at radius 1 is 1.06 bits per heavy atom. The number of thioether (sulfide) groups is 1. The first-order chi connectivity index (χ1) is 15.1. The molecule has 1 N–H and O–H groups in total. The SMILES string of the molecule is COc1ccc(CCCc2nnc(SCC(=O)NCCc3ccccc3)n2C)cc1C. The molecule has 164 valence electrons. The van der Waals surface area contributed by atoms with Crippen molar-refractivity contribution in [2.24, 2.45) is 7.05 Å². The summed E-state index contributed by atoms with van der Waals surface area (Å²) in [7, 11) is 3.66. The van der Waals surface area contributed by atoms with E-state index in [1.165, 1.54) is 22.9 Å². The van der Waals surface area contributed by atoms with Gasteiger partial charge in [0.05, 0.1) is 12.9 Å². The van der Waals surface area contributed by atoms with Gasteiger partial charge in [-0.3, -0.25) is 4.79 Å². The lowest BCUT2D eigenvalue weighted by Crippen LogP contribution is -2.27. The molecule has 0 unspecified atom stereocenters. The monoisotopic (exact) mass is 438 g/mol. The van der Waals surface area contributed by atoms with E-state index in [4.69, 9.17) is 4.74 Å². The number of carbonyl (C=O) groups excluding carboxylic acids is 1. The molecular weight excluding hydrogens is 408 g/mol. The van der Waals surface area contributed by atoms with Gasteiger partial charge < -0.3 is 14.6 Å². The van der Waals surface area contributed by atoms with Crippen LogP contribution in [0.3, 0.4) is 0 Å². The van der Waals surface area contributed by atoms with E-state index >= 15 is 0 Å². The highest BCUT2D eigenvalue weighted by Crippen LogP contribution is 2.20. The molecule has 1 aromatic heterocycles. The minimum absolute atomic E-state index is 0.0142. The zero-order valence-corrected chi connectivity index (χ0v) is 19.2. The fourth-order valence-corrected chi connectivity index (χ4v) is 4.17. The highest BCUT2D eigenvalue weighted by Gasteiger charge is 2.11. The van der Waals surface area contributed by atoms with Gasteiger partial charge in [-0.2, -0.15) is 0 Å². The first kappa shape index (κ1) is 22.9. The number of aromatic nitrogens is 3. The van der Waals surface area contributed by atoms with E-state index in [-0.39, 0.29) is 5.91 Å². The van der Waals surface area contributed by atoms with Crippen LogP contribution in [-0.2, 0) is 31.1 Å². The third kappa shape index (κ3) is 6.85. The van der Waals surface area contributed by atoms with E-state index in [1.54, 1.807) is 7.11 Å². The molecule has 0 aliphatic rings. The molecule has 0 aliphatic carbocycles. The summed E-state index contributed by atoms with van der Waals surface area (Å²) in [6.45, 7) is 2.70. The van der Waals surface area contributed by atoms with Gasteiger partial charge >= 0.3 is 0 Å². The number of carbonyl (C=O) groups is 1. The topological polar surface area (TPSA) is 69.0 Å². The van der Waals surface area contributed by atoms with Gasteiger partial charge in [-0.1, -0.05) is 54.2 Å². The highest BCUT2D eigenvalue weighted by atomic mass is 32.2. The number of ether oxygens (including phenoxy) is 1. The largest absolute Gasteiger partial charge is 0.496 e. The van der Waals surface area contributed by atoms with Crippen LogP contribution in [0.4, 0.5) is 0 Å². The van der Waals surface area contributed by atoms with E-state index in [9.17, 15) is 4.79 Å². The lowest BCUT2D eigenvalue weighted by molar-refractivity contribution is -0.118. The minimum atomic E-state index is 0.0142. The molecule has 3 aromatic rings. The molecule has 7 heteroatoms. The fraction of sp³-hybridized carbons (Fsp3) is 0.375. The van der Waals surface area contributed by atoms with Crippen LogP contribution in [0.5, 0.6) is 5.75 Å². The Balaban J connectivity index is 1.40. The Kier molecular flexibility index (Phi) is 8.53. The van der Waals surface area contributed by atoms with Crippen LogP contribution in [-0.4, -0.2) is 40.1 Å². The maximum atomic E-state index is 12.1. The van der Waals surface area contributed by atoms with Gasteiger partial charge in [0.2, 0.25) is 5.91 Å². The molecule has 0 aliphatic heterocycles. The number of amides is 1. The summed E-state index contributed by atoms with van der Waals surface area (Å²) >= 11 is 1.42. The van der Waals surface area contributed by atoms with Crippen molar-refractivity contribution in [1.29, 1.82) is 0 Å². The highest BCUT2D eigenvalue weighted by molar-refractivity contribution is 7.99. The molecule has 3 rings (SSSR count). The summed E-state index contributed by atoms with van der Waals surface area (Å²) in [5.41, 5.74) is 3.67. The molecule has 2 aromatic carbocycles. The molecule has 0 radical (unpaired) electrons. The number of aryl methyl sites for hydroxylation is 3.